The zero-order valence-corrected chi connectivity index (χ0v) is 28.6. The fourth-order valence-electron chi connectivity index (χ4n) is 5.59. The predicted molar refractivity (Wildman–Crippen MR) is 183 cm³/mol. The van der Waals surface area contributed by atoms with Crippen LogP contribution in [-0.2, 0) is 17.7 Å². The molecule has 6 rings (SSSR count). The standard InChI is InChI=1S/C31H29F2N5O6.C6H6FN/c1-15-17-8-10-23(19(17)7-6-18(15)30(43)44-31(2,3)4)37-28(40)25-12-24(36-26-20(29(41)42)14-35-38(25)26)27(39)34-13-16-5-9-21(32)22(33)11-16;7-5-1-3-6(8)4-2-5/h5-7,9,11-12,14,23H,8,10,13H2,1-4H3,(H,34,39)(H,37,40)(H,41,42);1-4H,8H2/t23-;/m0./s1. The van der Waals surface area contributed by atoms with E-state index in [-0.39, 0.29) is 40.5 Å². The lowest BCUT2D eigenvalue weighted by Crippen LogP contribution is -2.31. The Balaban J connectivity index is 0.000000577. The number of benzene rings is 3. The van der Waals surface area contributed by atoms with E-state index in [0.29, 0.717) is 24.1 Å². The van der Waals surface area contributed by atoms with Crippen molar-refractivity contribution < 1.29 is 42.2 Å². The van der Waals surface area contributed by atoms with Gasteiger partial charge in [-0.25, -0.2) is 32.3 Å². The van der Waals surface area contributed by atoms with Crippen molar-refractivity contribution in [2.24, 2.45) is 0 Å². The number of aromatic nitrogens is 3. The van der Waals surface area contributed by atoms with Gasteiger partial charge in [0, 0.05) is 18.3 Å². The molecule has 0 fully saturated rings. The van der Waals surface area contributed by atoms with E-state index < -0.39 is 47.0 Å². The number of nitrogens with zero attached hydrogens (tertiary/aromatic N) is 3. The van der Waals surface area contributed by atoms with Crippen LogP contribution in [0, 0.1) is 24.4 Å². The number of amides is 2. The van der Waals surface area contributed by atoms with Gasteiger partial charge < -0.3 is 26.2 Å². The molecule has 0 unspecified atom stereocenters. The first-order valence-corrected chi connectivity index (χ1v) is 16.0. The number of nitrogens with two attached hydrogens (primary N) is 1. The van der Waals surface area contributed by atoms with Crippen LogP contribution in [-0.4, -0.2) is 49.1 Å². The van der Waals surface area contributed by atoms with Gasteiger partial charge in [0.25, 0.3) is 11.8 Å². The van der Waals surface area contributed by atoms with Gasteiger partial charge in [-0.05, 0) is 105 Å². The zero-order valence-electron chi connectivity index (χ0n) is 28.6. The molecule has 15 heteroatoms. The van der Waals surface area contributed by atoms with E-state index in [9.17, 15) is 37.5 Å². The Labute approximate surface area is 295 Å². The summed E-state index contributed by atoms with van der Waals surface area (Å²) in [6.07, 6.45) is 2.16. The maximum absolute atomic E-state index is 13.6. The Bertz CT molecular complexity index is 2180. The highest BCUT2D eigenvalue weighted by atomic mass is 19.2. The number of carbonyl (C=O) groups is 4. The van der Waals surface area contributed by atoms with E-state index in [2.05, 4.69) is 20.7 Å². The second-order valence-corrected chi connectivity index (χ2v) is 13.0. The van der Waals surface area contributed by atoms with Gasteiger partial charge in [0.1, 0.15) is 28.4 Å². The molecule has 0 aliphatic heterocycles. The van der Waals surface area contributed by atoms with Gasteiger partial charge >= 0.3 is 11.9 Å². The molecule has 2 amide bonds. The third kappa shape index (κ3) is 8.37. The number of esters is 1. The summed E-state index contributed by atoms with van der Waals surface area (Å²) < 4.78 is 45.5. The van der Waals surface area contributed by atoms with E-state index in [4.69, 9.17) is 10.5 Å². The molecule has 0 radical (unpaired) electrons. The monoisotopic (exact) mass is 716 g/mol. The maximum atomic E-state index is 13.6. The number of nitrogen functional groups attached to an aromatic ring is 1. The lowest BCUT2D eigenvalue weighted by molar-refractivity contribution is 0.00681. The third-order valence-electron chi connectivity index (χ3n) is 8.09. The lowest BCUT2D eigenvalue weighted by atomic mass is 9.97. The van der Waals surface area contributed by atoms with Crippen LogP contribution in [0.4, 0.5) is 18.9 Å². The number of carbonyl (C=O) groups excluding carboxylic acids is 3. The molecule has 270 valence electrons. The first-order chi connectivity index (χ1) is 24.5. The summed E-state index contributed by atoms with van der Waals surface area (Å²) in [4.78, 5) is 55.3. The molecule has 0 saturated heterocycles. The Morgan fingerprint density at radius 3 is 2.31 bits per heavy atom. The average Bonchev–Trinajstić information content (AvgIpc) is 3.70. The van der Waals surface area contributed by atoms with Crippen LogP contribution in [0.5, 0.6) is 0 Å². The minimum absolute atomic E-state index is 0.143. The van der Waals surface area contributed by atoms with Gasteiger partial charge in [-0.2, -0.15) is 5.10 Å². The van der Waals surface area contributed by atoms with Gasteiger partial charge in [-0.1, -0.05) is 12.1 Å². The summed E-state index contributed by atoms with van der Waals surface area (Å²) in [6, 6.07) is 13.0. The van der Waals surface area contributed by atoms with Gasteiger partial charge in [0.15, 0.2) is 17.3 Å². The largest absolute Gasteiger partial charge is 0.477 e. The summed E-state index contributed by atoms with van der Waals surface area (Å²) >= 11 is 0. The second-order valence-electron chi connectivity index (χ2n) is 13.0. The highest BCUT2D eigenvalue weighted by Gasteiger charge is 2.30. The molecule has 2 heterocycles. The summed E-state index contributed by atoms with van der Waals surface area (Å²) in [6.45, 7) is 7.01. The molecule has 1 aliphatic carbocycles. The van der Waals surface area contributed by atoms with E-state index in [1.165, 1.54) is 36.4 Å². The number of nitrogens with one attached hydrogen (secondary N) is 2. The normalized spacial score (nSPS) is 13.5. The van der Waals surface area contributed by atoms with Crippen molar-refractivity contribution >= 4 is 35.1 Å². The maximum Gasteiger partial charge on any atom is 0.341 e. The first-order valence-electron chi connectivity index (χ1n) is 16.0. The molecular weight excluding hydrogens is 681 g/mol. The van der Waals surface area contributed by atoms with Crippen molar-refractivity contribution in [3.05, 3.63) is 129 Å². The van der Waals surface area contributed by atoms with Crippen molar-refractivity contribution in [3.8, 4) is 0 Å². The van der Waals surface area contributed by atoms with Gasteiger partial charge in [0.2, 0.25) is 0 Å². The second kappa shape index (κ2) is 14.9. The highest BCUT2D eigenvalue weighted by Crippen LogP contribution is 2.35. The van der Waals surface area contributed by atoms with Crippen molar-refractivity contribution in [3.63, 3.8) is 0 Å². The molecule has 5 aromatic rings. The number of hydrogen-bond acceptors (Lipinski definition) is 8. The summed E-state index contributed by atoms with van der Waals surface area (Å²) in [5.41, 5.74) is 7.44. The third-order valence-corrected chi connectivity index (χ3v) is 8.09. The minimum atomic E-state index is -1.36. The van der Waals surface area contributed by atoms with Gasteiger partial charge in [0.05, 0.1) is 17.8 Å². The van der Waals surface area contributed by atoms with Gasteiger partial charge in [-0.3, -0.25) is 9.59 Å². The van der Waals surface area contributed by atoms with E-state index in [0.717, 1.165) is 39.5 Å². The SMILES string of the molecule is Cc1c(C(=O)OC(C)(C)C)ccc2c1CC[C@@H]2NC(=O)c1cc(C(=O)NCc2ccc(F)c(F)c2)nc2c(C(=O)O)cnn12.Nc1ccc(F)cc1. The minimum Gasteiger partial charge on any atom is -0.477 e. The molecule has 0 saturated carbocycles. The number of hydrogen-bond donors (Lipinski definition) is 4. The Kier molecular flexibility index (Phi) is 10.6. The summed E-state index contributed by atoms with van der Waals surface area (Å²) in [5.74, 6) is -5.58. The van der Waals surface area contributed by atoms with Crippen LogP contribution in [0.2, 0.25) is 0 Å². The quantitative estimate of drug-likeness (QED) is 0.121. The molecule has 1 atom stereocenters. The van der Waals surface area contributed by atoms with Crippen molar-refractivity contribution in [2.75, 3.05) is 5.73 Å². The summed E-state index contributed by atoms with van der Waals surface area (Å²) in [5, 5.41) is 19.1. The van der Waals surface area contributed by atoms with Crippen molar-refractivity contribution in [1.29, 1.82) is 0 Å². The molecule has 2 aromatic heterocycles. The van der Waals surface area contributed by atoms with Crippen LogP contribution in [0.15, 0.2) is 66.9 Å². The molecule has 12 nitrogen and oxygen atoms in total. The topological polar surface area (TPSA) is 178 Å². The number of ether oxygens (including phenoxy) is 1. The number of fused-ring (bicyclic) bond motifs is 2. The molecule has 0 spiro atoms. The lowest BCUT2D eigenvalue weighted by Gasteiger charge is -2.21. The molecule has 5 N–H and O–H groups in total. The highest BCUT2D eigenvalue weighted by molar-refractivity contribution is 6.01. The van der Waals surface area contributed by atoms with Gasteiger partial charge in [-0.15, -0.1) is 0 Å². The Morgan fingerprint density at radius 2 is 1.67 bits per heavy atom. The summed E-state index contributed by atoms with van der Waals surface area (Å²) in [7, 11) is 0. The molecule has 1 aliphatic rings. The van der Waals surface area contributed by atoms with Crippen LogP contribution >= 0.6 is 0 Å². The van der Waals surface area contributed by atoms with Crippen LogP contribution in [0.3, 0.4) is 0 Å². The number of rotatable bonds is 7. The van der Waals surface area contributed by atoms with Crippen LogP contribution in [0.1, 0.15) is 97.2 Å². The number of carboxylic acid groups (broad SMARTS) is 1. The number of carboxylic acids is 1. The van der Waals surface area contributed by atoms with E-state index in [1.54, 1.807) is 32.9 Å². The fourth-order valence-corrected chi connectivity index (χ4v) is 5.59. The van der Waals surface area contributed by atoms with Crippen LogP contribution in [0.25, 0.3) is 5.65 Å². The van der Waals surface area contributed by atoms with Crippen molar-refractivity contribution in [2.45, 2.75) is 58.7 Å². The molecule has 0 bridgehead atoms. The predicted octanol–water partition coefficient (Wildman–Crippen LogP) is 5.72. The number of halogens is 3. The molecule has 52 heavy (non-hydrogen) atoms. The van der Waals surface area contributed by atoms with Crippen LogP contribution < -0.4 is 16.4 Å². The Morgan fingerprint density at radius 1 is 0.962 bits per heavy atom. The average molecular weight is 717 g/mol. The zero-order chi connectivity index (χ0) is 37.9. The van der Waals surface area contributed by atoms with E-state index in [1.807, 2.05) is 6.92 Å². The van der Waals surface area contributed by atoms with E-state index >= 15 is 0 Å². The fraction of sp³-hybridized carbons (Fsp3) is 0.243. The molecule has 3 aromatic carbocycles. The number of anilines is 1. The smallest absolute Gasteiger partial charge is 0.341 e. The number of aromatic carboxylic acids is 1. The van der Waals surface area contributed by atoms with Crippen molar-refractivity contribution in [1.82, 2.24) is 25.2 Å². The Hall–Kier alpha value is -6.25. The first kappa shape index (κ1) is 37.0. The molecular formula is C37H35F3N6O6.